The highest BCUT2D eigenvalue weighted by Crippen LogP contribution is 2.29. The Balaban J connectivity index is 3.52. The molecule has 0 bridgehead atoms. The normalized spacial score (nSPS) is 14.3. The van der Waals surface area contributed by atoms with Crippen LogP contribution in [0.25, 0.3) is 0 Å². The van der Waals surface area contributed by atoms with Crippen molar-refractivity contribution in [2.45, 2.75) is 105 Å². The highest BCUT2D eigenvalue weighted by Gasteiger charge is 2.15. The van der Waals surface area contributed by atoms with Gasteiger partial charge in [-0.15, -0.1) is 0 Å². The smallest absolute Gasteiger partial charge is 0.0439 e. The van der Waals surface area contributed by atoms with Crippen molar-refractivity contribution in [3.63, 3.8) is 0 Å². The van der Waals surface area contributed by atoms with Gasteiger partial charge >= 0.3 is 0 Å². The van der Waals surface area contributed by atoms with Gasteiger partial charge in [-0.25, -0.2) is 0 Å². The molecule has 0 aromatic heterocycles. The first-order valence-corrected chi connectivity index (χ1v) is 8.89. The van der Waals surface area contributed by atoms with Gasteiger partial charge in [0.1, 0.15) is 0 Å². The Bertz CT molecular complexity index is 240. The van der Waals surface area contributed by atoms with E-state index in [0.29, 0.717) is 11.5 Å². The van der Waals surface area contributed by atoms with E-state index >= 15 is 0 Å². The van der Waals surface area contributed by atoms with Crippen LogP contribution < -0.4 is 0 Å². The summed E-state index contributed by atoms with van der Waals surface area (Å²) in [5, 5.41) is 0. The average molecular weight is 282 g/mol. The maximum absolute atomic E-state index is 4.42. The molecule has 0 unspecified atom stereocenters. The maximum atomic E-state index is 4.42. The van der Waals surface area contributed by atoms with E-state index in [0.717, 1.165) is 12.3 Å². The van der Waals surface area contributed by atoms with Crippen molar-refractivity contribution >= 4 is 6.21 Å². The number of aliphatic imine (C=N–C) groups is 1. The molecule has 1 heteroatoms. The summed E-state index contributed by atoms with van der Waals surface area (Å²) in [6, 6.07) is 0.457. The number of rotatable bonds is 12. The highest BCUT2D eigenvalue weighted by atomic mass is 14.7. The van der Waals surface area contributed by atoms with Crippen LogP contribution in [0.2, 0.25) is 0 Å². The Labute approximate surface area is 128 Å². The van der Waals surface area contributed by atoms with Gasteiger partial charge in [0.05, 0.1) is 0 Å². The van der Waals surface area contributed by atoms with Crippen LogP contribution in [0.15, 0.2) is 4.99 Å². The first kappa shape index (κ1) is 19.7. The standard InChI is InChI=1S/C19H39N/c1-7-14-19(5,6)15-10-8-12-18(4)13-9-11-16-20-17(2)3/h16-18H,7-15H2,1-6H3/t18-/m1/s1. The SMILES string of the molecule is CCCC(C)(C)CCCC[C@@H](C)CCCC=NC(C)C. The van der Waals surface area contributed by atoms with E-state index in [1.165, 1.54) is 51.4 Å². The number of hydrogen-bond acceptors (Lipinski definition) is 1. The predicted octanol–water partition coefficient (Wildman–Crippen LogP) is 6.66. The van der Waals surface area contributed by atoms with E-state index in [1.807, 2.05) is 0 Å². The van der Waals surface area contributed by atoms with Gasteiger partial charge in [-0.05, 0) is 57.1 Å². The van der Waals surface area contributed by atoms with Crippen molar-refractivity contribution in [2.24, 2.45) is 16.3 Å². The molecule has 0 aromatic rings. The first-order chi connectivity index (χ1) is 9.37. The van der Waals surface area contributed by atoms with Crippen LogP contribution in [0.5, 0.6) is 0 Å². The monoisotopic (exact) mass is 281 g/mol. The van der Waals surface area contributed by atoms with Crippen LogP contribution in [-0.4, -0.2) is 12.3 Å². The fraction of sp³-hybridized carbons (Fsp3) is 0.947. The Kier molecular flexibility index (Phi) is 11.2. The minimum absolute atomic E-state index is 0.457. The molecule has 0 rings (SSSR count). The molecule has 0 fully saturated rings. The van der Waals surface area contributed by atoms with E-state index in [1.54, 1.807) is 0 Å². The third-order valence-electron chi connectivity index (χ3n) is 4.16. The van der Waals surface area contributed by atoms with Crippen molar-refractivity contribution in [2.75, 3.05) is 0 Å². The molecule has 0 aromatic carbocycles. The second kappa shape index (κ2) is 11.3. The molecule has 0 N–H and O–H groups in total. The van der Waals surface area contributed by atoms with E-state index in [9.17, 15) is 0 Å². The van der Waals surface area contributed by atoms with Crippen molar-refractivity contribution in [3.8, 4) is 0 Å². The van der Waals surface area contributed by atoms with Gasteiger partial charge in [-0.2, -0.15) is 0 Å². The maximum Gasteiger partial charge on any atom is 0.0439 e. The molecule has 0 saturated heterocycles. The van der Waals surface area contributed by atoms with Crippen molar-refractivity contribution in [1.82, 2.24) is 0 Å². The van der Waals surface area contributed by atoms with Crippen LogP contribution in [-0.2, 0) is 0 Å². The summed E-state index contributed by atoms with van der Waals surface area (Å²) in [7, 11) is 0. The Morgan fingerprint density at radius 2 is 1.60 bits per heavy atom. The van der Waals surface area contributed by atoms with Crippen molar-refractivity contribution < 1.29 is 0 Å². The quantitative estimate of drug-likeness (QED) is 0.280. The number of nitrogens with zero attached hydrogens (tertiary/aromatic N) is 1. The summed E-state index contributed by atoms with van der Waals surface area (Å²) in [6.45, 7) is 13.8. The summed E-state index contributed by atoms with van der Waals surface area (Å²) >= 11 is 0. The molecule has 0 heterocycles. The summed E-state index contributed by atoms with van der Waals surface area (Å²) < 4.78 is 0. The first-order valence-electron chi connectivity index (χ1n) is 8.89. The molecule has 0 aliphatic heterocycles. The zero-order valence-electron chi connectivity index (χ0n) is 15.0. The molecule has 1 atom stereocenters. The molecule has 0 radical (unpaired) electrons. The molecular weight excluding hydrogens is 242 g/mol. The average Bonchev–Trinajstić information content (AvgIpc) is 2.34. The van der Waals surface area contributed by atoms with Gasteiger partial charge in [0, 0.05) is 6.04 Å². The van der Waals surface area contributed by atoms with Gasteiger partial charge in [-0.3, -0.25) is 4.99 Å². The van der Waals surface area contributed by atoms with Gasteiger partial charge in [0.2, 0.25) is 0 Å². The second-order valence-corrected chi connectivity index (χ2v) is 7.62. The van der Waals surface area contributed by atoms with E-state index in [2.05, 4.69) is 52.7 Å². The zero-order chi connectivity index (χ0) is 15.4. The van der Waals surface area contributed by atoms with Crippen LogP contribution in [0.3, 0.4) is 0 Å². The molecule has 0 aliphatic carbocycles. The van der Waals surface area contributed by atoms with Crippen LogP contribution in [0.4, 0.5) is 0 Å². The Morgan fingerprint density at radius 3 is 2.20 bits per heavy atom. The van der Waals surface area contributed by atoms with Gasteiger partial charge in [-0.1, -0.05) is 59.8 Å². The third kappa shape index (κ3) is 12.7. The van der Waals surface area contributed by atoms with Gasteiger partial charge in [0.15, 0.2) is 0 Å². The van der Waals surface area contributed by atoms with Crippen LogP contribution in [0, 0.1) is 11.3 Å². The molecule has 0 spiro atoms. The summed E-state index contributed by atoms with van der Waals surface area (Å²) in [6.07, 6.45) is 14.3. The topological polar surface area (TPSA) is 12.4 Å². The lowest BCUT2D eigenvalue weighted by molar-refractivity contribution is 0.287. The van der Waals surface area contributed by atoms with E-state index in [-0.39, 0.29) is 0 Å². The molecule has 0 saturated carbocycles. The van der Waals surface area contributed by atoms with Crippen LogP contribution >= 0.6 is 0 Å². The highest BCUT2D eigenvalue weighted by molar-refractivity contribution is 5.57. The van der Waals surface area contributed by atoms with E-state index < -0.39 is 0 Å². The van der Waals surface area contributed by atoms with Gasteiger partial charge < -0.3 is 0 Å². The minimum Gasteiger partial charge on any atom is -0.295 e. The second-order valence-electron chi connectivity index (χ2n) is 7.62. The molecular formula is C19H39N. The lowest BCUT2D eigenvalue weighted by Gasteiger charge is -2.24. The number of unbranched alkanes of at least 4 members (excludes halogenated alkanes) is 2. The molecule has 120 valence electrons. The summed E-state index contributed by atoms with van der Waals surface area (Å²) in [5.41, 5.74) is 0.561. The van der Waals surface area contributed by atoms with E-state index in [4.69, 9.17) is 0 Å². The Morgan fingerprint density at radius 1 is 0.950 bits per heavy atom. The Hall–Kier alpha value is -0.330. The molecule has 1 nitrogen and oxygen atoms in total. The van der Waals surface area contributed by atoms with Gasteiger partial charge in [0.25, 0.3) is 0 Å². The van der Waals surface area contributed by atoms with Crippen LogP contribution in [0.1, 0.15) is 99.3 Å². The van der Waals surface area contributed by atoms with Crippen molar-refractivity contribution in [3.05, 3.63) is 0 Å². The molecule has 20 heavy (non-hydrogen) atoms. The third-order valence-corrected chi connectivity index (χ3v) is 4.16. The minimum atomic E-state index is 0.457. The largest absolute Gasteiger partial charge is 0.295 e. The lowest BCUT2D eigenvalue weighted by atomic mass is 9.82. The zero-order valence-corrected chi connectivity index (χ0v) is 15.0. The molecule has 0 amide bonds. The fourth-order valence-corrected chi connectivity index (χ4v) is 2.89. The molecule has 0 aliphatic rings. The predicted molar refractivity (Wildman–Crippen MR) is 93.8 cm³/mol. The summed E-state index contributed by atoms with van der Waals surface area (Å²) in [5.74, 6) is 0.886. The number of hydrogen-bond donors (Lipinski definition) is 0. The van der Waals surface area contributed by atoms with Crippen molar-refractivity contribution in [1.29, 1.82) is 0 Å². The summed E-state index contributed by atoms with van der Waals surface area (Å²) in [4.78, 5) is 4.42. The fourth-order valence-electron chi connectivity index (χ4n) is 2.89. The lowest BCUT2D eigenvalue weighted by Crippen LogP contribution is -2.10.